The first-order valence-electron chi connectivity index (χ1n) is 7.15. The van der Waals surface area contributed by atoms with E-state index in [-0.39, 0.29) is 0 Å². The number of rotatable bonds is 8. The molecular weight excluding hydrogens is 236 g/mol. The van der Waals surface area contributed by atoms with Crippen LogP contribution in [0.25, 0.3) is 0 Å². The molecule has 1 atom stereocenters. The molecule has 0 aliphatic heterocycles. The van der Waals surface area contributed by atoms with Crippen LogP contribution in [0.15, 0.2) is 12.1 Å². The second-order valence-electron chi connectivity index (χ2n) is 5.38. The van der Waals surface area contributed by atoms with E-state index >= 15 is 0 Å². The Hall–Kier alpha value is -1.06. The Morgan fingerprint density at radius 2 is 1.84 bits per heavy atom. The largest absolute Gasteiger partial charge is 0.496 e. The molecule has 0 aliphatic carbocycles. The lowest BCUT2D eigenvalue weighted by Gasteiger charge is -2.12. The van der Waals surface area contributed by atoms with Crippen molar-refractivity contribution in [2.24, 2.45) is 5.73 Å². The van der Waals surface area contributed by atoms with Gasteiger partial charge in [-0.15, -0.1) is 0 Å². The first-order chi connectivity index (χ1) is 9.04. The smallest absolute Gasteiger partial charge is 0.124 e. The molecule has 0 fully saturated rings. The Morgan fingerprint density at radius 1 is 1.21 bits per heavy atom. The standard InChI is InChI=1S/C16H28N2O/c1-12-10-15(11-13(2)16(12)19-4)7-9-18-8-5-6-14(3)17/h10-11,14,18H,5-9,17H2,1-4H3. The van der Waals surface area contributed by atoms with E-state index in [0.29, 0.717) is 6.04 Å². The lowest BCUT2D eigenvalue weighted by Crippen LogP contribution is -2.21. The second kappa shape index (κ2) is 8.18. The van der Waals surface area contributed by atoms with Crippen LogP contribution >= 0.6 is 0 Å². The maximum absolute atomic E-state index is 5.72. The number of nitrogens with two attached hydrogens (primary N) is 1. The van der Waals surface area contributed by atoms with Gasteiger partial charge >= 0.3 is 0 Å². The van der Waals surface area contributed by atoms with Crippen LogP contribution in [0.1, 0.15) is 36.5 Å². The van der Waals surface area contributed by atoms with Crippen molar-refractivity contribution in [2.75, 3.05) is 20.2 Å². The zero-order valence-electron chi connectivity index (χ0n) is 12.8. The van der Waals surface area contributed by atoms with Crippen LogP contribution in [-0.4, -0.2) is 26.2 Å². The Labute approximate surface area is 117 Å². The van der Waals surface area contributed by atoms with Crippen LogP contribution in [-0.2, 0) is 6.42 Å². The number of benzene rings is 1. The third-order valence-corrected chi connectivity index (χ3v) is 3.33. The van der Waals surface area contributed by atoms with E-state index in [1.165, 1.54) is 16.7 Å². The highest BCUT2D eigenvalue weighted by Crippen LogP contribution is 2.24. The number of aryl methyl sites for hydroxylation is 2. The summed E-state index contributed by atoms with van der Waals surface area (Å²) in [5, 5.41) is 3.47. The van der Waals surface area contributed by atoms with Gasteiger partial charge in [0.1, 0.15) is 5.75 Å². The molecule has 0 spiro atoms. The molecule has 3 heteroatoms. The molecule has 0 aromatic heterocycles. The minimum atomic E-state index is 0.314. The fraction of sp³-hybridized carbons (Fsp3) is 0.625. The minimum Gasteiger partial charge on any atom is -0.496 e. The second-order valence-corrected chi connectivity index (χ2v) is 5.38. The highest BCUT2D eigenvalue weighted by molar-refractivity contribution is 5.43. The highest BCUT2D eigenvalue weighted by Gasteiger charge is 2.04. The quantitative estimate of drug-likeness (QED) is 0.709. The summed E-state index contributed by atoms with van der Waals surface area (Å²) >= 11 is 0. The number of hydrogen-bond donors (Lipinski definition) is 2. The predicted octanol–water partition coefficient (Wildman–Crippen LogP) is 2.57. The molecule has 108 valence electrons. The molecule has 0 heterocycles. The summed E-state index contributed by atoms with van der Waals surface area (Å²) < 4.78 is 5.38. The van der Waals surface area contributed by atoms with E-state index in [0.717, 1.165) is 38.1 Å². The molecule has 0 saturated heterocycles. The molecule has 1 aromatic rings. The van der Waals surface area contributed by atoms with Gasteiger partial charge in [-0.05, 0) is 69.8 Å². The molecule has 0 aliphatic rings. The Balaban J connectivity index is 2.34. The van der Waals surface area contributed by atoms with Crippen LogP contribution in [0.3, 0.4) is 0 Å². The van der Waals surface area contributed by atoms with Crippen LogP contribution in [0.2, 0.25) is 0 Å². The molecule has 0 saturated carbocycles. The van der Waals surface area contributed by atoms with Crippen LogP contribution in [0, 0.1) is 13.8 Å². The zero-order valence-corrected chi connectivity index (χ0v) is 12.8. The van der Waals surface area contributed by atoms with Gasteiger partial charge in [-0.3, -0.25) is 0 Å². The molecule has 1 unspecified atom stereocenters. The van der Waals surface area contributed by atoms with Crippen molar-refractivity contribution < 1.29 is 4.74 Å². The van der Waals surface area contributed by atoms with E-state index in [1.807, 2.05) is 0 Å². The molecule has 3 N–H and O–H groups in total. The lowest BCUT2D eigenvalue weighted by atomic mass is 10.0. The average molecular weight is 264 g/mol. The molecule has 0 amide bonds. The van der Waals surface area contributed by atoms with Crippen molar-refractivity contribution in [2.45, 2.75) is 46.1 Å². The lowest BCUT2D eigenvalue weighted by molar-refractivity contribution is 0.408. The summed E-state index contributed by atoms with van der Waals surface area (Å²) in [4.78, 5) is 0. The third kappa shape index (κ3) is 5.62. The number of ether oxygens (including phenoxy) is 1. The van der Waals surface area contributed by atoms with Crippen molar-refractivity contribution in [1.29, 1.82) is 0 Å². The maximum Gasteiger partial charge on any atom is 0.124 e. The summed E-state index contributed by atoms with van der Waals surface area (Å²) in [6.07, 6.45) is 3.30. The summed E-state index contributed by atoms with van der Waals surface area (Å²) in [5.41, 5.74) is 9.52. The van der Waals surface area contributed by atoms with Gasteiger partial charge in [0.15, 0.2) is 0 Å². The minimum absolute atomic E-state index is 0.314. The van der Waals surface area contributed by atoms with E-state index in [4.69, 9.17) is 10.5 Å². The van der Waals surface area contributed by atoms with Gasteiger partial charge in [-0.1, -0.05) is 12.1 Å². The van der Waals surface area contributed by atoms with Crippen molar-refractivity contribution >= 4 is 0 Å². The Kier molecular flexibility index (Phi) is 6.89. The summed E-state index contributed by atoms with van der Waals surface area (Å²) in [5.74, 6) is 1.01. The van der Waals surface area contributed by atoms with E-state index < -0.39 is 0 Å². The number of nitrogens with one attached hydrogen (secondary N) is 1. The third-order valence-electron chi connectivity index (χ3n) is 3.33. The van der Waals surface area contributed by atoms with Crippen molar-refractivity contribution in [3.63, 3.8) is 0 Å². The predicted molar refractivity (Wildman–Crippen MR) is 81.9 cm³/mol. The van der Waals surface area contributed by atoms with Gasteiger partial charge in [-0.25, -0.2) is 0 Å². The molecule has 0 bridgehead atoms. The summed E-state index contributed by atoms with van der Waals surface area (Å²) in [6.45, 7) is 8.33. The fourth-order valence-corrected chi connectivity index (χ4v) is 2.41. The first-order valence-corrected chi connectivity index (χ1v) is 7.15. The van der Waals surface area contributed by atoms with Gasteiger partial charge in [0, 0.05) is 6.04 Å². The molecule has 1 aromatic carbocycles. The van der Waals surface area contributed by atoms with E-state index in [9.17, 15) is 0 Å². The van der Waals surface area contributed by atoms with Crippen LogP contribution in [0.4, 0.5) is 0 Å². The van der Waals surface area contributed by atoms with Crippen LogP contribution < -0.4 is 15.8 Å². The number of hydrogen-bond acceptors (Lipinski definition) is 3. The normalized spacial score (nSPS) is 12.5. The van der Waals surface area contributed by atoms with E-state index in [1.54, 1.807) is 7.11 Å². The van der Waals surface area contributed by atoms with E-state index in [2.05, 4.69) is 38.2 Å². The van der Waals surface area contributed by atoms with Crippen molar-refractivity contribution in [1.82, 2.24) is 5.32 Å². The zero-order chi connectivity index (χ0) is 14.3. The van der Waals surface area contributed by atoms with Gasteiger partial charge in [-0.2, -0.15) is 0 Å². The van der Waals surface area contributed by atoms with Crippen molar-refractivity contribution in [3.05, 3.63) is 28.8 Å². The molecule has 0 radical (unpaired) electrons. The molecule has 3 nitrogen and oxygen atoms in total. The summed E-state index contributed by atoms with van der Waals surface area (Å²) in [6, 6.07) is 4.75. The van der Waals surface area contributed by atoms with Crippen molar-refractivity contribution in [3.8, 4) is 5.75 Å². The highest BCUT2D eigenvalue weighted by atomic mass is 16.5. The van der Waals surface area contributed by atoms with Gasteiger partial charge in [0.25, 0.3) is 0 Å². The molecule has 19 heavy (non-hydrogen) atoms. The Morgan fingerprint density at radius 3 is 2.37 bits per heavy atom. The first kappa shape index (κ1) is 16.0. The SMILES string of the molecule is COc1c(C)cc(CCNCCCC(C)N)cc1C. The molecular formula is C16H28N2O. The Bertz CT molecular complexity index is 365. The number of methoxy groups -OCH3 is 1. The monoisotopic (exact) mass is 264 g/mol. The van der Waals surface area contributed by atoms with Gasteiger partial charge in [0.2, 0.25) is 0 Å². The fourth-order valence-electron chi connectivity index (χ4n) is 2.41. The summed E-state index contributed by atoms with van der Waals surface area (Å²) in [7, 11) is 1.73. The van der Waals surface area contributed by atoms with Crippen LogP contribution in [0.5, 0.6) is 5.75 Å². The average Bonchev–Trinajstić information content (AvgIpc) is 2.33. The molecule has 1 rings (SSSR count). The van der Waals surface area contributed by atoms with Gasteiger partial charge < -0.3 is 15.8 Å². The maximum atomic E-state index is 5.72. The van der Waals surface area contributed by atoms with Gasteiger partial charge in [0.05, 0.1) is 7.11 Å². The topological polar surface area (TPSA) is 47.3 Å².